The molecule has 0 bridgehead atoms. The van der Waals surface area contributed by atoms with Crippen LogP contribution in [0.2, 0.25) is 0 Å². The van der Waals surface area contributed by atoms with Crippen molar-refractivity contribution in [3.8, 4) is 6.07 Å². The molecule has 1 aromatic carbocycles. The smallest absolute Gasteiger partial charge is 0.407 e. The van der Waals surface area contributed by atoms with Gasteiger partial charge in [0.25, 0.3) is 0 Å². The summed E-state index contributed by atoms with van der Waals surface area (Å²) in [6, 6.07) is 9.38. The highest BCUT2D eigenvalue weighted by Gasteiger charge is 2.15. The summed E-state index contributed by atoms with van der Waals surface area (Å²) in [4.78, 5) is 11.4. The summed E-state index contributed by atoms with van der Waals surface area (Å²) < 4.78 is 5.13. The van der Waals surface area contributed by atoms with E-state index in [-0.39, 0.29) is 0 Å². The molecule has 20 heavy (non-hydrogen) atoms. The highest BCUT2D eigenvalue weighted by Crippen LogP contribution is 2.09. The van der Waals surface area contributed by atoms with Gasteiger partial charge in [0.05, 0.1) is 11.6 Å². The van der Waals surface area contributed by atoms with Crippen LogP contribution in [0, 0.1) is 11.3 Å². The molecule has 0 spiro atoms. The number of ether oxygens (including phenoxy) is 1. The SMILES string of the molecule is CC(C)(C)OC(=O)NCCCNc1cccc(C#N)c1. The van der Waals surface area contributed by atoms with Gasteiger partial charge in [0.15, 0.2) is 0 Å². The quantitative estimate of drug-likeness (QED) is 0.810. The maximum Gasteiger partial charge on any atom is 0.407 e. The molecule has 108 valence electrons. The van der Waals surface area contributed by atoms with E-state index in [2.05, 4.69) is 16.7 Å². The Labute approximate surface area is 119 Å². The Morgan fingerprint density at radius 1 is 1.35 bits per heavy atom. The number of benzene rings is 1. The van der Waals surface area contributed by atoms with Crippen LogP contribution in [0.3, 0.4) is 0 Å². The van der Waals surface area contributed by atoms with E-state index in [9.17, 15) is 4.79 Å². The average molecular weight is 275 g/mol. The van der Waals surface area contributed by atoms with Gasteiger partial charge in [-0.15, -0.1) is 0 Å². The van der Waals surface area contributed by atoms with E-state index < -0.39 is 11.7 Å². The lowest BCUT2D eigenvalue weighted by Crippen LogP contribution is -2.33. The molecule has 5 nitrogen and oxygen atoms in total. The fraction of sp³-hybridized carbons (Fsp3) is 0.467. The number of carbonyl (C=O) groups excluding carboxylic acids is 1. The largest absolute Gasteiger partial charge is 0.444 e. The van der Waals surface area contributed by atoms with Crippen LogP contribution in [0.1, 0.15) is 32.8 Å². The van der Waals surface area contributed by atoms with Crippen LogP contribution in [-0.2, 0) is 4.74 Å². The predicted octanol–water partition coefficient (Wildman–Crippen LogP) is 2.88. The maximum absolute atomic E-state index is 11.4. The molecule has 0 aliphatic rings. The Balaban J connectivity index is 2.19. The lowest BCUT2D eigenvalue weighted by Gasteiger charge is -2.19. The molecule has 0 heterocycles. The van der Waals surface area contributed by atoms with Crippen molar-refractivity contribution in [3.63, 3.8) is 0 Å². The molecule has 0 aliphatic carbocycles. The molecule has 0 fully saturated rings. The Morgan fingerprint density at radius 2 is 2.10 bits per heavy atom. The number of rotatable bonds is 5. The summed E-state index contributed by atoms with van der Waals surface area (Å²) in [6.07, 6.45) is 0.375. The van der Waals surface area contributed by atoms with E-state index in [0.717, 1.165) is 12.1 Å². The van der Waals surface area contributed by atoms with Gasteiger partial charge >= 0.3 is 6.09 Å². The van der Waals surface area contributed by atoms with Gasteiger partial charge in [-0.1, -0.05) is 6.07 Å². The van der Waals surface area contributed by atoms with Gasteiger partial charge in [-0.2, -0.15) is 5.26 Å². The molecular weight excluding hydrogens is 254 g/mol. The lowest BCUT2D eigenvalue weighted by atomic mass is 10.2. The molecule has 0 unspecified atom stereocenters. The van der Waals surface area contributed by atoms with Gasteiger partial charge in [0, 0.05) is 18.8 Å². The first-order chi connectivity index (χ1) is 9.40. The molecule has 0 radical (unpaired) electrons. The number of hydrogen-bond acceptors (Lipinski definition) is 4. The predicted molar refractivity (Wildman–Crippen MR) is 78.5 cm³/mol. The van der Waals surface area contributed by atoms with Crippen molar-refractivity contribution in [1.82, 2.24) is 5.32 Å². The number of hydrogen-bond donors (Lipinski definition) is 2. The van der Waals surface area contributed by atoms with Crippen molar-refractivity contribution in [2.45, 2.75) is 32.8 Å². The zero-order valence-electron chi connectivity index (χ0n) is 12.2. The number of alkyl carbamates (subject to hydrolysis) is 1. The highest BCUT2D eigenvalue weighted by molar-refractivity contribution is 5.67. The Kier molecular flexibility index (Phi) is 5.85. The molecule has 2 N–H and O–H groups in total. The molecule has 5 heteroatoms. The van der Waals surface area contributed by atoms with Gasteiger partial charge in [0.2, 0.25) is 0 Å². The molecule has 0 saturated heterocycles. The van der Waals surface area contributed by atoms with Crippen LogP contribution in [0.4, 0.5) is 10.5 Å². The van der Waals surface area contributed by atoms with Crippen molar-refractivity contribution >= 4 is 11.8 Å². The topological polar surface area (TPSA) is 74.2 Å². The third-order valence-corrected chi connectivity index (χ3v) is 2.34. The first-order valence-electron chi connectivity index (χ1n) is 6.61. The third-order valence-electron chi connectivity index (χ3n) is 2.34. The minimum Gasteiger partial charge on any atom is -0.444 e. The van der Waals surface area contributed by atoms with Crippen molar-refractivity contribution in [2.24, 2.45) is 0 Å². The number of anilines is 1. The summed E-state index contributed by atoms with van der Waals surface area (Å²) in [5.74, 6) is 0. The molecule has 0 saturated carbocycles. The van der Waals surface area contributed by atoms with Gasteiger partial charge in [-0.25, -0.2) is 4.79 Å². The standard InChI is InChI=1S/C15H21N3O2/c1-15(2,3)20-14(19)18-9-5-8-17-13-7-4-6-12(10-13)11-16/h4,6-7,10,17H,5,8-9H2,1-3H3,(H,18,19). The minimum absolute atomic E-state index is 0.399. The molecule has 1 rings (SSSR count). The summed E-state index contributed by atoms with van der Waals surface area (Å²) in [5.41, 5.74) is 1.06. The van der Waals surface area contributed by atoms with E-state index >= 15 is 0 Å². The second kappa shape index (κ2) is 7.39. The fourth-order valence-corrected chi connectivity index (χ4v) is 1.52. The summed E-state index contributed by atoms with van der Waals surface area (Å²) >= 11 is 0. The van der Waals surface area contributed by atoms with Crippen LogP contribution in [0.15, 0.2) is 24.3 Å². The summed E-state index contributed by atoms with van der Waals surface area (Å²) in [7, 11) is 0. The van der Waals surface area contributed by atoms with Crippen LogP contribution in [-0.4, -0.2) is 24.8 Å². The van der Waals surface area contributed by atoms with Gasteiger partial charge in [-0.3, -0.25) is 0 Å². The van der Waals surface area contributed by atoms with Crippen molar-refractivity contribution < 1.29 is 9.53 Å². The monoisotopic (exact) mass is 275 g/mol. The Hall–Kier alpha value is -2.22. The molecule has 1 aromatic rings. The van der Waals surface area contributed by atoms with Gasteiger partial charge in [-0.05, 0) is 45.4 Å². The normalized spacial score (nSPS) is 10.5. The van der Waals surface area contributed by atoms with Crippen LogP contribution in [0.25, 0.3) is 0 Å². The number of nitriles is 1. The average Bonchev–Trinajstić information content (AvgIpc) is 2.36. The molecular formula is C15H21N3O2. The number of amides is 1. The van der Waals surface area contributed by atoms with Gasteiger partial charge < -0.3 is 15.4 Å². The van der Waals surface area contributed by atoms with E-state index in [0.29, 0.717) is 18.7 Å². The highest BCUT2D eigenvalue weighted by atomic mass is 16.6. The summed E-state index contributed by atoms with van der Waals surface area (Å²) in [6.45, 7) is 6.74. The van der Waals surface area contributed by atoms with Crippen LogP contribution < -0.4 is 10.6 Å². The Bertz CT molecular complexity index is 487. The molecule has 1 amide bonds. The minimum atomic E-state index is -0.472. The molecule has 0 atom stereocenters. The van der Waals surface area contributed by atoms with E-state index in [1.807, 2.05) is 32.9 Å². The van der Waals surface area contributed by atoms with E-state index in [1.165, 1.54) is 0 Å². The van der Waals surface area contributed by atoms with Crippen LogP contribution >= 0.6 is 0 Å². The zero-order valence-corrected chi connectivity index (χ0v) is 12.2. The first-order valence-corrected chi connectivity index (χ1v) is 6.61. The summed E-state index contributed by atoms with van der Waals surface area (Å²) in [5, 5.41) is 14.7. The zero-order chi connectivity index (χ0) is 15.0. The number of nitrogens with zero attached hydrogens (tertiary/aromatic N) is 1. The van der Waals surface area contributed by atoms with Crippen molar-refractivity contribution in [2.75, 3.05) is 18.4 Å². The van der Waals surface area contributed by atoms with Crippen LogP contribution in [0.5, 0.6) is 0 Å². The maximum atomic E-state index is 11.4. The van der Waals surface area contributed by atoms with E-state index in [4.69, 9.17) is 10.00 Å². The number of nitrogens with one attached hydrogen (secondary N) is 2. The first kappa shape index (κ1) is 15.8. The second-order valence-electron chi connectivity index (χ2n) is 5.40. The van der Waals surface area contributed by atoms with Gasteiger partial charge in [0.1, 0.15) is 5.60 Å². The third kappa shape index (κ3) is 6.64. The number of carbonyl (C=O) groups is 1. The Morgan fingerprint density at radius 3 is 2.75 bits per heavy atom. The van der Waals surface area contributed by atoms with Crippen molar-refractivity contribution in [1.29, 1.82) is 5.26 Å². The van der Waals surface area contributed by atoms with Crippen molar-refractivity contribution in [3.05, 3.63) is 29.8 Å². The second-order valence-corrected chi connectivity index (χ2v) is 5.40. The molecule has 0 aromatic heterocycles. The van der Waals surface area contributed by atoms with E-state index in [1.54, 1.807) is 12.1 Å². The fourth-order valence-electron chi connectivity index (χ4n) is 1.52. The lowest BCUT2D eigenvalue weighted by molar-refractivity contribution is 0.0528. The molecule has 0 aliphatic heterocycles.